The number of alkyl halides is 2. The molecule has 0 bridgehead atoms. The Bertz CT molecular complexity index is 556. The molecule has 0 aliphatic rings. The summed E-state index contributed by atoms with van der Waals surface area (Å²) in [5, 5.41) is -0.197. The average molecular weight is 314 g/mol. The van der Waals surface area contributed by atoms with Crippen LogP contribution in [0.25, 0.3) is 0 Å². The van der Waals surface area contributed by atoms with Crippen LogP contribution >= 0.6 is 11.6 Å². The zero-order chi connectivity index (χ0) is 14.8. The molecular formula is C11H14ClF2NO3S. The Labute approximate surface area is 115 Å². The van der Waals surface area contributed by atoms with Crippen LogP contribution in [0.2, 0.25) is 5.02 Å². The van der Waals surface area contributed by atoms with E-state index in [1.807, 2.05) is 0 Å². The van der Waals surface area contributed by atoms with Gasteiger partial charge in [0.2, 0.25) is 10.0 Å². The standard InChI is InChI=1S/C11H14ClF2NO3S/c1-11(2,3)15-19(16,17)7-4-5-9(8(12)6-7)18-10(13)14/h4-6,10,15H,1-3H3. The van der Waals surface area contributed by atoms with E-state index < -0.39 is 22.2 Å². The van der Waals surface area contributed by atoms with Crippen LogP contribution in [0.3, 0.4) is 0 Å². The first kappa shape index (κ1) is 16.1. The van der Waals surface area contributed by atoms with Gasteiger partial charge in [-0.15, -0.1) is 0 Å². The molecule has 0 fully saturated rings. The Hall–Kier alpha value is -0.920. The van der Waals surface area contributed by atoms with Gasteiger partial charge >= 0.3 is 6.61 Å². The van der Waals surface area contributed by atoms with Crippen LogP contribution in [0.5, 0.6) is 5.75 Å². The first-order valence-corrected chi connectivity index (χ1v) is 7.16. The summed E-state index contributed by atoms with van der Waals surface area (Å²) in [6, 6.07) is 3.30. The highest BCUT2D eigenvalue weighted by atomic mass is 35.5. The molecule has 108 valence electrons. The summed E-state index contributed by atoms with van der Waals surface area (Å²) in [4.78, 5) is -0.117. The topological polar surface area (TPSA) is 55.4 Å². The molecule has 0 aromatic heterocycles. The van der Waals surface area contributed by atoms with Crippen LogP contribution in [0, 0.1) is 0 Å². The van der Waals surface area contributed by atoms with Gasteiger partial charge in [0, 0.05) is 5.54 Å². The van der Waals surface area contributed by atoms with Gasteiger partial charge in [0.25, 0.3) is 0 Å². The number of halogens is 3. The Kier molecular flexibility index (Phi) is 4.76. The van der Waals surface area contributed by atoms with Gasteiger partial charge in [-0.05, 0) is 39.0 Å². The van der Waals surface area contributed by atoms with E-state index in [1.165, 1.54) is 0 Å². The summed E-state index contributed by atoms with van der Waals surface area (Å²) < 4.78 is 54.6. The molecule has 0 unspecified atom stereocenters. The number of sulfonamides is 1. The Balaban J connectivity index is 3.07. The Morgan fingerprint density at radius 2 is 1.89 bits per heavy atom. The third-order valence-electron chi connectivity index (χ3n) is 1.87. The van der Waals surface area contributed by atoms with E-state index in [0.717, 1.165) is 18.2 Å². The van der Waals surface area contributed by atoms with Gasteiger partial charge in [-0.3, -0.25) is 0 Å². The first-order chi connectivity index (χ1) is 8.51. The monoisotopic (exact) mass is 313 g/mol. The zero-order valence-corrected chi connectivity index (χ0v) is 12.1. The van der Waals surface area contributed by atoms with E-state index in [2.05, 4.69) is 9.46 Å². The minimum atomic E-state index is -3.76. The maximum atomic E-state index is 12.0. The van der Waals surface area contributed by atoms with Crippen molar-refractivity contribution in [3.05, 3.63) is 23.2 Å². The van der Waals surface area contributed by atoms with Gasteiger partial charge in [0.05, 0.1) is 9.92 Å². The van der Waals surface area contributed by atoms with Crippen LogP contribution < -0.4 is 9.46 Å². The highest BCUT2D eigenvalue weighted by Gasteiger charge is 2.23. The molecule has 8 heteroatoms. The highest BCUT2D eigenvalue weighted by Crippen LogP contribution is 2.28. The van der Waals surface area contributed by atoms with Crippen molar-refractivity contribution in [3.8, 4) is 5.75 Å². The van der Waals surface area contributed by atoms with Crippen LogP contribution in [0.1, 0.15) is 20.8 Å². The number of rotatable bonds is 4. The SMILES string of the molecule is CC(C)(C)NS(=O)(=O)c1ccc(OC(F)F)c(Cl)c1. The van der Waals surface area contributed by atoms with Gasteiger partial charge in [0.1, 0.15) is 5.75 Å². The highest BCUT2D eigenvalue weighted by molar-refractivity contribution is 7.89. The van der Waals surface area contributed by atoms with E-state index in [-0.39, 0.29) is 15.7 Å². The maximum Gasteiger partial charge on any atom is 0.387 e. The minimum absolute atomic E-state index is 0.117. The minimum Gasteiger partial charge on any atom is -0.433 e. The number of hydrogen-bond acceptors (Lipinski definition) is 3. The fourth-order valence-electron chi connectivity index (χ4n) is 1.30. The van der Waals surface area contributed by atoms with E-state index in [9.17, 15) is 17.2 Å². The molecule has 19 heavy (non-hydrogen) atoms. The second kappa shape index (κ2) is 5.60. The summed E-state index contributed by atoms with van der Waals surface area (Å²) >= 11 is 5.70. The zero-order valence-electron chi connectivity index (χ0n) is 10.6. The number of benzene rings is 1. The van der Waals surface area contributed by atoms with Crippen molar-refractivity contribution in [2.75, 3.05) is 0 Å². The van der Waals surface area contributed by atoms with Crippen LogP contribution in [0.4, 0.5) is 8.78 Å². The van der Waals surface area contributed by atoms with Crippen molar-refractivity contribution in [1.82, 2.24) is 4.72 Å². The summed E-state index contributed by atoms with van der Waals surface area (Å²) in [6.07, 6.45) is 0. The summed E-state index contributed by atoms with van der Waals surface area (Å²) in [5.41, 5.74) is -0.663. The lowest BCUT2D eigenvalue weighted by Crippen LogP contribution is -2.40. The van der Waals surface area contributed by atoms with Gasteiger partial charge in [0.15, 0.2) is 0 Å². The molecule has 0 aliphatic heterocycles. The molecule has 1 N–H and O–H groups in total. The molecule has 0 amide bonds. The smallest absolute Gasteiger partial charge is 0.387 e. The van der Waals surface area contributed by atoms with Crippen LogP contribution in [-0.2, 0) is 10.0 Å². The van der Waals surface area contributed by atoms with Crippen molar-refractivity contribution in [2.24, 2.45) is 0 Å². The van der Waals surface area contributed by atoms with Gasteiger partial charge in [-0.25, -0.2) is 13.1 Å². The molecule has 1 aromatic carbocycles. The molecule has 0 radical (unpaired) electrons. The third-order valence-corrected chi connectivity index (χ3v) is 3.92. The summed E-state index contributed by atoms with van der Waals surface area (Å²) in [6.45, 7) is 2.02. The van der Waals surface area contributed by atoms with Crippen molar-refractivity contribution >= 4 is 21.6 Å². The second-order valence-corrected chi connectivity index (χ2v) is 6.92. The molecule has 0 heterocycles. The van der Waals surface area contributed by atoms with E-state index in [0.29, 0.717) is 0 Å². The lowest BCUT2D eigenvalue weighted by Gasteiger charge is -2.20. The van der Waals surface area contributed by atoms with E-state index >= 15 is 0 Å². The third kappa shape index (κ3) is 4.93. The summed E-state index contributed by atoms with van der Waals surface area (Å²) in [7, 11) is -3.76. The lowest BCUT2D eigenvalue weighted by atomic mass is 10.1. The van der Waals surface area contributed by atoms with Gasteiger partial charge in [-0.2, -0.15) is 8.78 Å². The predicted octanol–water partition coefficient (Wildman–Crippen LogP) is 3.02. The molecule has 0 aliphatic carbocycles. The van der Waals surface area contributed by atoms with Crippen molar-refractivity contribution in [2.45, 2.75) is 37.8 Å². The summed E-state index contributed by atoms with van der Waals surface area (Å²) in [5.74, 6) is -0.272. The largest absolute Gasteiger partial charge is 0.433 e. The number of ether oxygens (including phenoxy) is 1. The maximum absolute atomic E-state index is 12.0. The van der Waals surface area contributed by atoms with E-state index in [4.69, 9.17) is 11.6 Å². The lowest BCUT2D eigenvalue weighted by molar-refractivity contribution is -0.0498. The first-order valence-electron chi connectivity index (χ1n) is 5.29. The fourth-order valence-corrected chi connectivity index (χ4v) is 3.04. The second-order valence-electron chi connectivity index (χ2n) is 4.83. The predicted molar refractivity (Wildman–Crippen MR) is 68.2 cm³/mol. The molecule has 1 rings (SSSR count). The van der Waals surface area contributed by atoms with Crippen LogP contribution in [0.15, 0.2) is 23.1 Å². The molecule has 1 aromatic rings. The molecule has 0 atom stereocenters. The van der Waals surface area contributed by atoms with Crippen molar-refractivity contribution in [3.63, 3.8) is 0 Å². The fraction of sp³-hybridized carbons (Fsp3) is 0.455. The van der Waals surface area contributed by atoms with E-state index in [1.54, 1.807) is 20.8 Å². The van der Waals surface area contributed by atoms with Gasteiger partial charge < -0.3 is 4.74 Å². The molecule has 0 spiro atoms. The molecule has 4 nitrogen and oxygen atoms in total. The normalized spacial score (nSPS) is 12.8. The van der Waals surface area contributed by atoms with Crippen LogP contribution in [-0.4, -0.2) is 20.6 Å². The quantitative estimate of drug-likeness (QED) is 0.929. The average Bonchev–Trinajstić information content (AvgIpc) is 2.16. The molecule has 0 saturated heterocycles. The molecular weight excluding hydrogens is 300 g/mol. The van der Waals surface area contributed by atoms with Crippen molar-refractivity contribution in [1.29, 1.82) is 0 Å². The Morgan fingerprint density at radius 3 is 2.32 bits per heavy atom. The number of nitrogens with one attached hydrogen (secondary N) is 1. The molecule has 0 saturated carbocycles. The van der Waals surface area contributed by atoms with Crippen molar-refractivity contribution < 1.29 is 21.9 Å². The van der Waals surface area contributed by atoms with Gasteiger partial charge in [-0.1, -0.05) is 11.6 Å². The Morgan fingerprint density at radius 1 is 1.32 bits per heavy atom. The number of hydrogen-bond donors (Lipinski definition) is 1.